The summed E-state index contributed by atoms with van der Waals surface area (Å²) in [7, 11) is 1.64. The predicted molar refractivity (Wildman–Crippen MR) is 115 cm³/mol. The van der Waals surface area contributed by atoms with Crippen molar-refractivity contribution in [2.45, 2.75) is 6.92 Å². The van der Waals surface area contributed by atoms with Gasteiger partial charge in [-0.3, -0.25) is 9.48 Å². The second kappa shape index (κ2) is 7.65. The Labute approximate surface area is 181 Å². The Hall–Kier alpha value is -4.47. The van der Waals surface area contributed by atoms with Crippen LogP contribution in [0, 0.1) is 12.7 Å². The Morgan fingerprint density at radius 1 is 1.12 bits per heavy atom. The molecule has 9 nitrogen and oxygen atoms in total. The Balaban J connectivity index is 1.49. The van der Waals surface area contributed by atoms with E-state index in [9.17, 15) is 9.18 Å². The van der Waals surface area contributed by atoms with Gasteiger partial charge in [0.05, 0.1) is 29.3 Å². The Morgan fingerprint density at radius 3 is 2.72 bits per heavy atom. The van der Waals surface area contributed by atoms with Crippen molar-refractivity contribution in [1.29, 1.82) is 0 Å². The van der Waals surface area contributed by atoms with Crippen molar-refractivity contribution in [3.63, 3.8) is 0 Å². The molecule has 4 heterocycles. The molecule has 0 atom stereocenters. The van der Waals surface area contributed by atoms with Crippen molar-refractivity contribution in [3.05, 3.63) is 78.4 Å². The molecule has 5 aromatic rings. The molecule has 0 saturated heterocycles. The van der Waals surface area contributed by atoms with Gasteiger partial charge in [0.15, 0.2) is 17.3 Å². The number of amides is 1. The molecule has 1 aromatic carbocycles. The molecule has 10 heteroatoms. The number of benzene rings is 1. The number of fused-ring (bicyclic) bond motifs is 1. The minimum absolute atomic E-state index is 0.0134. The number of anilines is 1. The number of aryl methyl sites for hydroxylation is 2. The molecule has 0 saturated carbocycles. The molecule has 0 spiro atoms. The van der Waals surface area contributed by atoms with E-state index in [4.69, 9.17) is 0 Å². The second-order valence-corrected chi connectivity index (χ2v) is 7.11. The molecule has 0 aliphatic rings. The third-order valence-electron chi connectivity index (χ3n) is 4.91. The van der Waals surface area contributed by atoms with Gasteiger partial charge < -0.3 is 5.32 Å². The van der Waals surface area contributed by atoms with Gasteiger partial charge in [-0.1, -0.05) is 30.3 Å². The number of carbonyl (C=O) groups excluding carboxylic acids is 1. The zero-order valence-electron chi connectivity index (χ0n) is 17.2. The number of nitrogens with zero attached hydrogens (tertiary/aromatic N) is 7. The molecule has 0 radical (unpaired) electrons. The van der Waals surface area contributed by atoms with Crippen LogP contribution in [0.25, 0.3) is 28.3 Å². The van der Waals surface area contributed by atoms with Crippen molar-refractivity contribution in [3.8, 4) is 22.6 Å². The van der Waals surface area contributed by atoms with Crippen LogP contribution in [0.2, 0.25) is 0 Å². The fourth-order valence-electron chi connectivity index (χ4n) is 3.39. The highest BCUT2D eigenvalue weighted by Crippen LogP contribution is 2.24. The fourth-order valence-corrected chi connectivity index (χ4v) is 3.39. The van der Waals surface area contributed by atoms with Crippen LogP contribution in [0.4, 0.5) is 10.1 Å². The van der Waals surface area contributed by atoms with Crippen LogP contribution in [-0.4, -0.2) is 40.3 Å². The lowest BCUT2D eigenvalue weighted by Gasteiger charge is -2.09. The van der Waals surface area contributed by atoms with Crippen LogP contribution in [-0.2, 0) is 7.05 Å². The fraction of sp³-hybridized carbons (Fsp3) is 0.0909. The summed E-state index contributed by atoms with van der Waals surface area (Å²) in [4.78, 5) is 25.9. The first-order chi connectivity index (χ1) is 15.5. The normalized spacial score (nSPS) is 11.1. The van der Waals surface area contributed by atoms with Crippen molar-refractivity contribution in [1.82, 2.24) is 34.3 Å². The molecule has 0 bridgehead atoms. The van der Waals surface area contributed by atoms with Crippen molar-refractivity contribution >= 4 is 17.2 Å². The molecular formula is C22H17FN8O. The number of aromatic nitrogens is 7. The van der Waals surface area contributed by atoms with E-state index in [1.54, 1.807) is 32.4 Å². The SMILES string of the molecule is Cc1nccc(-c2cnn(C)c2C(=O)Nc2cc3nc(-c4ccccc4)nn3cc2F)n1. The number of hydrogen-bond donors (Lipinski definition) is 1. The molecule has 0 aliphatic heterocycles. The number of nitrogens with one attached hydrogen (secondary N) is 1. The predicted octanol–water partition coefficient (Wildman–Crippen LogP) is 3.29. The standard InChI is InChI=1S/C22H17FN8O/c1-13-24-9-8-17(26-13)15-11-25-30(2)20(15)22(32)27-18-10-19-28-21(14-6-4-3-5-7-14)29-31(19)12-16(18)23/h3-12H,1-2H3,(H,27,32). The Kier molecular flexibility index (Phi) is 4.66. The summed E-state index contributed by atoms with van der Waals surface area (Å²) in [5.74, 6) is -0.143. The molecule has 1 amide bonds. The maximum Gasteiger partial charge on any atom is 0.274 e. The van der Waals surface area contributed by atoms with Crippen LogP contribution < -0.4 is 5.32 Å². The molecule has 5 rings (SSSR count). The zero-order chi connectivity index (χ0) is 22.2. The van der Waals surface area contributed by atoms with E-state index in [1.165, 1.54) is 21.5 Å². The van der Waals surface area contributed by atoms with E-state index in [-0.39, 0.29) is 11.4 Å². The summed E-state index contributed by atoms with van der Waals surface area (Å²) >= 11 is 0. The lowest BCUT2D eigenvalue weighted by Crippen LogP contribution is -2.18. The molecule has 32 heavy (non-hydrogen) atoms. The molecule has 1 N–H and O–H groups in total. The number of hydrogen-bond acceptors (Lipinski definition) is 6. The second-order valence-electron chi connectivity index (χ2n) is 7.11. The average Bonchev–Trinajstić information content (AvgIpc) is 3.38. The lowest BCUT2D eigenvalue weighted by atomic mass is 10.1. The Morgan fingerprint density at radius 2 is 1.94 bits per heavy atom. The maximum absolute atomic E-state index is 14.8. The van der Waals surface area contributed by atoms with Crippen molar-refractivity contribution < 1.29 is 9.18 Å². The first-order valence-electron chi connectivity index (χ1n) is 9.74. The average molecular weight is 428 g/mol. The van der Waals surface area contributed by atoms with Crippen LogP contribution in [0.3, 0.4) is 0 Å². The highest BCUT2D eigenvalue weighted by Gasteiger charge is 2.21. The van der Waals surface area contributed by atoms with E-state index < -0.39 is 11.7 Å². The summed E-state index contributed by atoms with van der Waals surface area (Å²) in [5, 5.41) is 11.1. The van der Waals surface area contributed by atoms with Crippen LogP contribution in [0.1, 0.15) is 16.3 Å². The van der Waals surface area contributed by atoms with Crippen LogP contribution >= 0.6 is 0 Å². The van der Waals surface area contributed by atoms with E-state index in [1.807, 2.05) is 30.3 Å². The van der Waals surface area contributed by atoms with Gasteiger partial charge >= 0.3 is 0 Å². The quantitative estimate of drug-likeness (QED) is 0.471. The van der Waals surface area contributed by atoms with E-state index in [0.29, 0.717) is 28.6 Å². The van der Waals surface area contributed by atoms with Gasteiger partial charge in [0.25, 0.3) is 5.91 Å². The molecular weight excluding hydrogens is 411 g/mol. The highest BCUT2D eigenvalue weighted by molar-refractivity contribution is 6.07. The zero-order valence-corrected chi connectivity index (χ0v) is 17.2. The summed E-state index contributed by atoms with van der Waals surface area (Å²) in [6, 6.07) is 12.5. The van der Waals surface area contributed by atoms with Gasteiger partial charge in [0.1, 0.15) is 11.5 Å². The number of pyridine rings is 1. The topological polar surface area (TPSA) is 103 Å². The molecule has 0 aliphatic carbocycles. The van der Waals surface area contributed by atoms with Gasteiger partial charge in [-0.05, 0) is 13.0 Å². The molecule has 4 aromatic heterocycles. The van der Waals surface area contributed by atoms with Crippen LogP contribution in [0.15, 0.2) is 61.1 Å². The summed E-state index contributed by atoms with van der Waals surface area (Å²) < 4.78 is 17.5. The monoisotopic (exact) mass is 428 g/mol. The smallest absolute Gasteiger partial charge is 0.274 e. The van der Waals surface area contributed by atoms with Crippen molar-refractivity contribution in [2.75, 3.05) is 5.32 Å². The van der Waals surface area contributed by atoms with Crippen molar-refractivity contribution in [2.24, 2.45) is 7.05 Å². The van der Waals surface area contributed by atoms with E-state index in [2.05, 4.69) is 30.5 Å². The number of halogens is 1. The van der Waals surface area contributed by atoms with Gasteiger partial charge in [-0.25, -0.2) is 23.9 Å². The number of carbonyl (C=O) groups is 1. The first kappa shape index (κ1) is 19.5. The maximum atomic E-state index is 14.8. The minimum Gasteiger partial charge on any atom is -0.318 e. The Bertz CT molecular complexity index is 1460. The van der Waals surface area contributed by atoms with Crippen LogP contribution in [0.5, 0.6) is 0 Å². The summed E-state index contributed by atoms with van der Waals surface area (Å²) in [5.41, 5.74) is 2.51. The van der Waals surface area contributed by atoms with E-state index in [0.717, 1.165) is 5.56 Å². The summed E-state index contributed by atoms with van der Waals surface area (Å²) in [6.45, 7) is 1.76. The number of rotatable bonds is 4. The minimum atomic E-state index is -0.642. The third kappa shape index (κ3) is 3.47. The van der Waals surface area contributed by atoms with Gasteiger partial charge in [-0.15, -0.1) is 5.10 Å². The largest absolute Gasteiger partial charge is 0.318 e. The lowest BCUT2D eigenvalue weighted by molar-refractivity contribution is 0.101. The molecule has 158 valence electrons. The molecule has 0 fully saturated rings. The van der Waals surface area contributed by atoms with Gasteiger partial charge in [0.2, 0.25) is 0 Å². The van der Waals surface area contributed by atoms with Gasteiger partial charge in [-0.2, -0.15) is 5.10 Å². The molecule has 0 unspecified atom stereocenters. The van der Waals surface area contributed by atoms with Gasteiger partial charge in [0, 0.05) is 24.9 Å². The third-order valence-corrected chi connectivity index (χ3v) is 4.91. The van der Waals surface area contributed by atoms with E-state index >= 15 is 0 Å². The summed E-state index contributed by atoms with van der Waals surface area (Å²) in [6.07, 6.45) is 4.33. The highest BCUT2D eigenvalue weighted by atomic mass is 19.1. The first-order valence-corrected chi connectivity index (χ1v) is 9.74.